The standard InChI is InChI=1S/C24H25FO4/c1-16-10-21(25)19(12-22(16)27-14-18-6-4-3-5-7-18)11-17(2)24-9-8-20(26)13-23(24)28-15-29-24/h3-7,10,12-13,17H,8-9,11,14-15H2,1-2H3/t17-,24+/m0/s1. The van der Waals surface area contributed by atoms with E-state index in [-0.39, 0.29) is 24.3 Å². The number of fused-ring (bicyclic) bond motifs is 1. The van der Waals surface area contributed by atoms with Gasteiger partial charge in [0, 0.05) is 12.5 Å². The third-order valence-electron chi connectivity index (χ3n) is 5.89. The molecule has 0 unspecified atom stereocenters. The highest BCUT2D eigenvalue weighted by atomic mass is 19.1. The fourth-order valence-corrected chi connectivity index (χ4v) is 4.15. The monoisotopic (exact) mass is 396 g/mol. The Kier molecular flexibility index (Phi) is 5.41. The number of aryl methyl sites for hydroxylation is 1. The van der Waals surface area contributed by atoms with Crippen LogP contribution >= 0.6 is 0 Å². The van der Waals surface area contributed by atoms with Crippen LogP contribution in [0.25, 0.3) is 0 Å². The lowest BCUT2D eigenvalue weighted by Gasteiger charge is -2.35. The smallest absolute Gasteiger partial charge is 0.189 e. The van der Waals surface area contributed by atoms with E-state index < -0.39 is 5.60 Å². The Bertz CT molecular complexity index is 937. The summed E-state index contributed by atoms with van der Waals surface area (Å²) in [6.07, 6.45) is 2.97. The quantitative estimate of drug-likeness (QED) is 0.698. The summed E-state index contributed by atoms with van der Waals surface area (Å²) in [5.41, 5.74) is 1.74. The van der Waals surface area contributed by atoms with E-state index in [9.17, 15) is 9.18 Å². The molecule has 1 aliphatic heterocycles. The summed E-state index contributed by atoms with van der Waals surface area (Å²) < 4.78 is 32.2. The highest BCUT2D eigenvalue weighted by Gasteiger charge is 2.49. The fraction of sp³-hybridized carbons (Fsp3) is 0.375. The van der Waals surface area contributed by atoms with E-state index in [0.29, 0.717) is 42.9 Å². The Morgan fingerprint density at radius 3 is 2.83 bits per heavy atom. The summed E-state index contributed by atoms with van der Waals surface area (Å²) in [5, 5.41) is 0. The van der Waals surface area contributed by atoms with E-state index in [2.05, 4.69) is 0 Å². The van der Waals surface area contributed by atoms with Gasteiger partial charge in [-0.25, -0.2) is 4.39 Å². The first-order chi connectivity index (χ1) is 14.0. The zero-order chi connectivity index (χ0) is 20.4. The van der Waals surface area contributed by atoms with Crippen LogP contribution in [0.3, 0.4) is 0 Å². The number of benzene rings is 2. The van der Waals surface area contributed by atoms with E-state index in [4.69, 9.17) is 14.2 Å². The molecule has 152 valence electrons. The zero-order valence-electron chi connectivity index (χ0n) is 16.7. The van der Waals surface area contributed by atoms with Crippen LogP contribution in [0.15, 0.2) is 54.3 Å². The summed E-state index contributed by atoms with van der Waals surface area (Å²) in [6.45, 7) is 4.42. The molecular formula is C24H25FO4. The van der Waals surface area contributed by atoms with E-state index in [1.807, 2.05) is 44.2 Å². The first-order valence-electron chi connectivity index (χ1n) is 9.95. The predicted molar refractivity (Wildman–Crippen MR) is 107 cm³/mol. The number of ketones is 1. The summed E-state index contributed by atoms with van der Waals surface area (Å²) in [4.78, 5) is 11.8. The van der Waals surface area contributed by atoms with Gasteiger partial charge in [-0.3, -0.25) is 4.79 Å². The van der Waals surface area contributed by atoms with Gasteiger partial charge in [0.25, 0.3) is 0 Å². The van der Waals surface area contributed by atoms with Crippen LogP contribution in [0.4, 0.5) is 4.39 Å². The van der Waals surface area contributed by atoms with Crippen LogP contribution in [-0.2, 0) is 27.3 Å². The van der Waals surface area contributed by atoms with Crippen LogP contribution in [0.1, 0.15) is 36.5 Å². The molecule has 0 amide bonds. The van der Waals surface area contributed by atoms with Crippen molar-refractivity contribution in [3.05, 3.63) is 76.8 Å². The van der Waals surface area contributed by atoms with E-state index >= 15 is 0 Å². The normalized spacial score (nSPS) is 21.9. The second kappa shape index (κ2) is 7.99. The van der Waals surface area contributed by atoms with Crippen molar-refractivity contribution >= 4 is 5.78 Å². The Balaban J connectivity index is 1.54. The van der Waals surface area contributed by atoms with Gasteiger partial charge in [-0.1, -0.05) is 37.3 Å². The topological polar surface area (TPSA) is 44.8 Å². The summed E-state index contributed by atoms with van der Waals surface area (Å²) >= 11 is 0. The average Bonchev–Trinajstić information content (AvgIpc) is 3.14. The maximum absolute atomic E-state index is 14.7. The van der Waals surface area contributed by atoms with Crippen molar-refractivity contribution in [2.75, 3.05) is 6.79 Å². The summed E-state index contributed by atoms with van der Waals surface area (Å²) in [7, 11) is 0. The van der Waals surface area contributed by atoms with Crippen LogP contribution < -0.4 is 4.74 Å². The molecule has 0 bridgehead atoms. The van der Waals surface area contributed by atoms with Crippen molar-refractivity contribution in [1.29, 1.82) is 0 Å². The fourth-order valence-electron chi connectivity index (χ4n) is 4.15. The molecule has 0 aromatic heterocycles. The number of carbonyl (C=O) groups excluding carboxylic acids is 1. The number of hydrogen-bond donors (Lipinski definition) is 0. The molecule has 1 heterocycles. The summed E-state index contributed by atoms with van der Waals surface area (Å²) in [6, 6.07) is 13.2. The molecule has 0 spiro atoms. The number of halogens is 1. The second-order valence-corrected chi connectivity index (χ2v) is 7.86. The molecule has 1 saturated heterocycles. The molecule has 0 radical (unpaired) electrons. The van der Waals surface area contributed by atoms with Gasteiger partial charge in [0.2, 0.25) is 0 Å². The lowest BCUT2D eigenvalue weighted by Crippen LogP contribution is -2.41. The van der Waals surface area contributed by atoms with E-state index in [1.165, 1.54) is 12.1 Å². The molecule has 2 atom stereocenters. The van der Waals surface area contributed by atoms with Crippen molar-refractivity contribution in [3.63, 3.8) is 0 Å². The van der Waals surface area contributed by atoms with Gasteiger partial charge in [-0.15, -0.1) is 0 Å². The van der Waals surface area contributed by atoms with E-state index in [1.54, 1.807) is 6.07 Å². The minimum absolute atomic E-state index is 0.0476. The summed E-state index contributed by atoms with van der Waals surface area (Å²) in [5.74, 6) is 0.992. The number of allylic oxidation sites excluding steroid dienone is 1. The maximum atomic E-state index is 14.7. The Morgan fingerprint density at radius 2 is 2.03 bits per heavy atom. The van der Waals surface area contributed by atoms with Crippen molar-refractivity contribution in [1.82, 2.24) is 0 Å². The van der Waals surface area contributed by atoms with Gasteiger partial charge in [-0.05, 0) is 54.5 Å². The number of hydrogen-bond acceptors (Lipinski definition) is 4. The molecule has 4 rings (SSSR count). The molecule has 5 heteroatoms. The Morgan fingerprint density at radius 1 is 1.24 bits per heavy atom. The first kappa shape index (κ1) is 19.6. The molecule has 29 heavy (non-hydrogen) atoms. The molecule has 4 nitrogen and oxygen atoms in total. The molecule has 2 aromatic carbocycles. The van der Waals surface area contributed by atoms with Gasteiger partial charge >= 0.3 is 0 Å². The SMILES string of the molecule is Cc1cc(F)c(C[C@H](C)[C@]23CCC(=O)C=C2OCO3)cc1OCc1ccccc1. The highest BCUT2D eigenvalue weighted by Crippen LogP contribution is 2.44. The molecule has 2 aromatic rings. The van der Waals surface area contributed by atoms with Gasteiger partial charge in [-0.2, -0.15) is 0 Å². The lowest BCUT2D eigenvalue weighted by atomic mass is 9.76. The molecule has 2 aliphatic rings. The van der Waals surface area contributed by atoms with Crippen LogP contribution in [0, 0.1) is 18.7 Å². The number of ether oxygens (including phenoxy) is 3. The van der Waals surface area contributed by atoms with Crippen LogP contribution in [-0.4, -0.2) is 18.2 Å². The molecule has 0 saturated carbocycles. The highest BCUT2D eigenvalue weighted by molar-refractivity contribution is 5.91. The first-order valence-corrected chi connectivity index (χ1v) is 9.95. The van der Waals surface area contributed by atoms with Crippen LogP contribution in [0.5, 0.6) is 5.75 Å². The van der Waals surface area contributed by atoms with Gasteiger partial charge in [0.15, 0.2) is 12.6 Å². The molecular weight excluding hydrogens is 371 g/mol. The third-order valence-corrected chi connectivity index (χ3v) is 5.89. The zero-order valence-corrected chi connectivity index (χ0v) is 16.7. The second-order valence-electron chi connectivity index (χ2n) is 7.86. The average molecular weight is 396 g/mol. The predicted octanol–water partition coefficient (Wildman–Crippen LogP) is 4.88. The van der Waals surface area contributed by atoms with Gasteiger partial charge < -0.3 is 14.2 Å². The third kappa shape index (κ3) is 3.92. The van der Waals surface area contributed by atoms with Gasteiger partial charge in [0.05, 0.1) is 0 Å². The van der Waals surface area contributed by atoms with E-state index in [0.717, 1.165) is 11.1 Å². The van der Waals surface area contributed by atoms with Crippen LogP contribution in [0.2, 0.25) is 0 Å². The minimum atomic E-state index is -0.656. The Labute approximate surface area is 170 Å². The van der Waals surface area contributed by atoms with Crippen molar-refractivity contribution in [2.45, 2.75) is 45.3 Å². The van der Waals surface area contributed by atoms with Crippen molar-refractivity contribution < 1.29 is 23.4 Å². The number of carbonyl (C=O) groups is 1. The molecule has 1 fully saturated rings. The maximum Gasteiger partial charge on any atom is 0.189 e. The van der Waals surface area contributed by atoms with Crippen molar-refractivity contribution in [3.8, 4) is 5.75 Å². The van der Waals surface area contributed by atoms with Gasteiger partial charge in [0.1, 0.15) is 29.5 Å². The largest absolute Gasteiger partial charge is 0.489 e. The number of rotatable bonds is 6. The molecule has 0 N–H and O–H groups in total. The molecule has 1 aliphatic carbocycles. The van der Waals surface area contributed by atoms with Crippen molar-refractivity contribution in [2.24, 2.45) is 5.92 Å². The lowest BCUT2D eigenvalue weighted by molar-refractivity contribution is -0.117. The minimum Gasteiger partial charge on any atom is -0.489 e. The Hall–Kier alpha value is -2.66.